The quantitative estimate of drug-likeness (QED) is 0.274. The first-order valence-corrected chi connectivity index (χ1v) is 11.4. The lowest BCUT2D eigenvalue weighted by molar-refractivity contribution is 0.250. The number of nitrogens with zero attached hydrogens (tertiary/aromatic N) is 1. The number of allylic oxidation sites excluding steroid dienone is 2. The summed E-state index contributed by atoms with van der Waals surface area (Å²) >= 11 is 0. The van der Waals surface area contributed by atoms with Gasteiger partial charge in [0.1, 0.15) is 0 Å². The monoisotopic (exact) mass is 365 g/mol. The van der Waals surface area contributed by atoms with Crippen LogP contribution in [0.5, 0.6) is 0 Å². The van der Waals surface area contributed by atoms with Crippen molar-refractivity contribution in [2.75, 3.05) is 0 Å². The van der Waals surface area contributed by atoms with Crippen molar-refractivity contribution in [2.24, 2.45) is 11.8 Å². The average Bonchev–Trinajstić information content (AvgIpc) is 2.71. The lowest BCUT2D eigenvalue weighted by atomic mass is 9.78. The van der Waals surface area contributed by atoms with E-state index in [4.69, 9.17) is 5.26 Å². The van der Waals surface area contributed by atoms with Gasteiger partial charge in [-0.05, 0) is 61.5 Å². The molecular formula is C26H39N. The molecule has 2 rings (SSSR count). The number of unbranched alkanes of at least 4 members (excludes halogenated alkanes) is 3. The minimum Gasteiger partial charge on any atom is -0.193 e. The highest BCUT2D eigenvalue weighted by Gasteiger charge is 2.20. The van der Waals surface area contributed by atoms with Gasteiger partial charge in [-0.2, -0.15) is 5.26 Å². The van der Waals surface area contributed by atoms with Crippen molar-refractivity contribution in [1.29, 1.82) is 5.26 Å². The topological polar surface area (TPSA) is 23.8 Å². The molecule has 1 saturated carbocycles. The minimum absolute atomic E-state index is 0.903. The molecule has 1 fully saturated rings. The van der Waals surface area contributed by atoms with E-state index in [1.54, 1.807) is 6.08 Å². The van der Waals surface area contributed by atoms with Gasteiger partial charge in [-0.3, -0.25) is 0 Å². The maximum Gasteiger partial charge on any atom is 0.0908 e. The molecule has 1 nitrogen and oxygen atoms in total. The maximum atomic E-state index is 8.53. The van der Waals surface area contributed by atoms with Gasteiger partial charge in [-0.25, -0.2) is 0 Å². The summed E-state index contributed by atoms with van der Waals surface area (Å²) in [6.07, 6.45) is 22.3. The van der Waals surface area contributed by atoms with Crippen LogP contribution in [0.15, 0.2) is 36.4 Å². The number of nitriles is 1. The Hall–Kier alpha value is -1.55. The van der Waals surface area contributed by atoms with Gasteiger partial charge in [0.15, 0.2) is 0 Å². The van der Waals surface area contributed by atoms with E-state index < -0.39 is 0 Å². The Bertz CT molecular complexity index is 555. The Labute approximate surface area is 167 Å². The van der Waals surface area contributed by atoms with Gasteiger partial charge < -0.3 is 0 Å². The van der Waals surface area contributed by atoms with Crippen molar-refractivity contribution in [3.8, 4) is 6.07 Å². The largest absolute Gasteiger partial charge is 0.193 e. The summed E-state index contributed by atoms with van der Waals surface area (Å²) in [4.78, 5) is 0. The normalized spacial score (nSPS) is 20.0. The minimum atomic E-state index is 0.903. The molecule has 0 N–H and O–H groups in total. The molecule has 1 aliphatic rings. The first-order valence-electron chi connectivity index (χ1n) is 11.4. The molecule has 0 aliphatic heterocycles. The van der Waals surface area contributed by atoms with Gasteiger partial charge in [0, 0.05) is 6.08 Å². The van der Waals surface area contributed by atoms with Crippen LogP contribution >= 0.6 is 0 Å². The third-order valence-electron chi connectivity index (χ3n) is 6.32. The third kappa shape index (κ3) is 9.28. The molecule has 0 spiro atoms. The zero-order chi connectivity index (χ0) is 19.2. The molecule has 1 aromatic rings. The summed E-state index contributed by atoms with van der Waals surface area (Å²) in [5.74, 6) is 1.87. The van der Waals surface area contributed by atoms with Gasteiger partial charge in [-0.15, -0.1) is 0 Å². The lowest BCUT2D eigenvalue weighted by Crippen LogP contribution is -2.14. The lowest BCUT2D eigenvalue weighted by Gasteiger charge is -2.28. The van der Waals surface area contributed by atoms with Crippen molar-refractivity contribution in [3.05, 3.63) is 47.5 Å². The van der Waals surface area contributed by atoms with Crippen LogP contribution in [-0.4, -0.2) is 0 Å². The number of aryl methyl sites for hydroxylation is 2. The molecule has 0 radical (unpaired) electrons. The van der Waals surface area contributed by atoms with Crippen LogP contribution in [0.1, 0.15) is 95.1 Å². The van der Waals surface area contributed by atoms with Crippen molar-refractivity contribution < 1.29 is 0 Å². The summed E-state index contributed by atoms with van der Waals surface area (Å²) in [5, 5.41) is 8.53. The van der Waals surface area contributed by atoms with E-state index in [0.717, 1.165) is 18.3 Å². The zero-order valence-electron chi connectivity index (χ0n) is 17.5. The van der Waals surface area contributed by atoms with E-state index in [1.165, 1.54) is 94.6 Å². The Morgan fingerprint density at radius 1 is 0.852 bits per heavy atom. The highest BCUT2D eigenvalue weighted by Crippen LogP contribution is 2.34. The second-order valence-electron chi connectivity index (χ2n) is 8.51. The van der Waals surface area contributed by atoms with E-state index in [-0.39, 0.29) is 0 Å². The predicted molar refractivity (Wildman–Crippen MR) is 117 cm³/mol. The number of benzene rings is 1. The summed E-state index contributed by atoms with van der Waals surface area (Å²) in [7, 11) is 0. The van der Waals surface area contributed by atoms with E-state index in [2.05, 4.69) is 37.3 Å². The summed E-state index contributed by atoms with van der Waals surface area (Å²) in [5.41, 5.74) is 3.02. The fourth-order valence-electron chi connectivity index (χ4n) is 4.49. The van der Waals surface area contributed by atoms with Crippen LogP contribution in [0.25, 0.3) is 0 Å². The Morgan fingerprint density at radius 2 is 1.41 bits per heavy atom. The first-order chi connectivity index (χ1) is 13.3. The Balaban J connectivity index is 1.53. The molecule has 1 heteroatoms. The molecule has 0 saturated heterocycles. The molecule has 1 aromatic carbocycles. The highest BCUT2D eigenvalue weighted by atomic mass is 14.3. The molecule has 148 valence electrons. The Kier molecular flexibility index (Phi) is 10.9. The molecule has 0 heterocycles. The second kappa shape index (κ2) is 13.6. The Morgan fingerprint density at radius 3 is 1.96 bits per heavy atom. The van der Waals surface area contributed by atoms with Crippen LogP contribution in [0.2, 0.25) is 0 Å². The van der Waals surface area contributed by atoms with Crippen LogP contribution in [0, 0.1) is 23.2 Å². The van der Waals surface area contributed by atoms with E-state index >= 15 is 0 Å². The number of hydrogen-bond acceptors (Lipinski definition) is 1. The number of rotatable bonds is 12. The van der Waals surface area contributed by atoms with Crippen LogP contribution < -0.4 is 0 Å². The third-order valence-corrected chi connectivity index (χ3v) is 6.32. The van der Waals surface area contributed by atoms with Gasteiger partial charge >= 0.3 is 0 Å². The number of hydrogen-bond donors (Lipinski definition) is 0. The fraction of sp³-hybridized carbons (Fsp3) is 0.654. The predicted octanol–water partition coefficient (Wildman–Crippen LogP) is 7.80. The van der Waals surface area contributed by atoms with Gasteiger partial charge in [0.05, 0.1) is 6.07 Å². The van der Waals surface area contributed by atoms with Crippen LogP contribution in [-0.2, 0) is 12.8 Å². The second-order valence-corrected chi connectivity index (χ2v) is 8.51. The molecular weight excluding hydrogens is 326 g/mol. The maximum absolute atomic E-state index is 8.53. The zero-order valence-corrected chi connectivity index (χ0v) is 17.5. The van der Waals surface area contributed by atoms with Crippen molar-refractivity contribution in [3.63, 3.8) is 0 Å². The molecule has 0 amide bonds. The fourth-order valence-corrected chi connectivity index (χ4v) is 4.49. The SMILES string of the molecule is CCCCCc1ccc(CCCC[C@H]2CC[C@H](CCC=CC#N)CC2)cc1. The van der Waals surface area contributed by atoms with E-state index in [1.807, 2.05) is 6.08 Å². The molecule has 0 aromatic heterocycles. The summed E-state index contributed by atoms with van der Waals surface area (Å²) in [6.45, 7) is 2.27. The molecule has 1 aliphatic carbocycles. The summed E-state index contributed by atoms with van der Waals surface area (Å²) < 4.78 is 0. The highest BCUT2D eigenvalue weighted by molar-refractivity contribution is 5.22. The molecule has 0 atom stereocenters. The van der Waals surface area contributed by atoms with Gasteiger partial charge in [0.2, 0.25) is 0 Å². The molecule has 27 heavy (non-hydrogen) atoms. The van der Waals surface area contributed by atoms with Gasteiger partial charge in [-0.1, -0.05) is 88.6 Å². The molecule has 0 unspecified atom stereocenters. The molecule has 0 bridgehead atoms. The smallest absolute Gasteiger partial charge is 0.0908 e. The van der Waals surface area contributed by atoms with Crippen LogP contribution in [0.4, 0.5) is 0 Å². The van der Waals surface area contributed by atoms with Crippen molar-refractivity contribution >= 4 is 0 Å². The van der Waals surface area contributed by atoms with E-state index in [0.29, 0.717) is 0 Å². The van der Waals surface area contributed by atoms with Crippen molar-refractivity contribution in [2.45, 2.75) is 96.8 Å². The van der Waals surface area contributed by atoms with Gasteiger partial charge in [0.25, 0.3) is 0 Å². The summed E-state index contributed by atoms with van der Waals surface area (Å²) in [6, 6.07) is 11.5. The van der Waals surface area contributed by atoms with E-state index in [9.17, 15) is 0 Å². The first kappa shape index (κ1) is 21.7. The van der Waals surface area contributed by atoms with Crippen molar-refractivity contribution in [1.82, 2.24) is 0 Å². The average molecular weight is 366 g/mol. The van der Waals surface area contributed by atoms with Crippen LogP contribution in [0.3, 0.4) is 0 Å². The standard InChI is InChI=1S/C26H39N/c1-2-3-5-10-23-14-18-25(19-15-23)12-7-8-13-26-20-16-24(17-21-26)11-6-4-9-22-27/h4,9,14-15,18-19,24,26H,2-3,5-8,10-13,16-17,20-21H2,1H3/t24-,26-.